The van der Waals surface area contributed by atoms with Gasteiger partial charge in [0, 0.05) is 36.8 Å². The van der Waals surface area contributed by atoms with Gasteiger partial charge in [-0.3, -0.25) is 9.69 Å². The number of nitrogens with one attached hydrogen (secondary N) is 1. The highest BCUT2D eigenvalue weighted by Crippen LogP contribution is 2.36. The Kier molecular flexibility index (Phi) is 5.67. The van der Waals surface area contributed by atoms with Crippen LogP contribution in [0.25, 0.3) is 10.2 Å². The molecule has 1 aliphatic heterocycles. The lowest BCUT2D eigenvalue weighted by atomic mass is 9.87. The van der Waals surface area contributed by atoms with Crippen molar-refractivity contribution in [3.8, 4) is 0 Å². The molecule has 0 bridgehead atoms. The molecule has 0 radical (unpaired) electrons. The molecule has 1 aliphatic carbocycles. The van der Waals surface area contributed by atoms with E-state index in [2.05, 4.69) is 53.5 Å². The van der Waals surface area contributed by atoms with E-state index < -0.39 is 0 Å². The number of aromatic nitrogens is 1. The number of piperidine rings is 1. The van der Waals surface area contributed by atoms with Crippen molar-refractivity contribution in [2.75, 3.05) is 18.8 Å². The Bertz CT molecular complexity index is 1090. The molecule has 5 nitrogen and oxygen atoms in total. The summed E-state index contributed by atoms with van der Waals surface area (Å²) >= 11 is 1.44. The number of rotatable bonds is 4. The lowest BCUT2D eigenvalue weighted by Crippen LogP contribution is -2.44. The fourth-order valence-electron chi connectivity index (χ4n) is 4.87. The highest BCUT2D eigenvalue weighted by Gasteiger charge is 2.25. The quantitative estimate of drug-likeness (QED) is 0.639. The van der Waals surface area contributed by atoms with Crippen LogP contribution in [-0.2, 0) is 19.4 Å². The van der Waals surface area contributed by atoms with E-state index in [0.717, 1.165) is 55.5 Å². The van der Waals surface area contributed by atoms with Crippen molar-refractivity contribution in [1.82, 2.24) is 15.2 Å². The van der Waals surface area contributed by atoms with E-state index in [1.165, 1.54) is 34.6 Å². The molecule has 162 valence electrons. The zero-order chi connectivity index (χ0) is 21.4. The maximum absolute atomic E-state index is 13.0. The van der Waals surface area contributed by atoms with Crippen LogP contribution in [0.15, 0.2) is 36.4 Å². The number of thiophene rings is 1. The number of carbonyl (C=O) groups is 1. The van der Waals surface area contributed by atoms with Crippen molar-refractivity contribution in [3.63, 3.8) is 0 Å². The molecule has 0 saturated carbocycles. The molecular weight excluding hydrogens is 404 g/mol. The Morgan fingerprint density at radius 3 is 2.77 bits per heavy atom. The van der Waals surface area contributed by atoms with Crippen LogP contribution >= 0.6 is 11.3 Å². The van der Waals surface area contributed by atoms with Crippen LogP contribution in [0.1, 0.15) is 52.7 Å². The summed E-state index contributed by atoms with van der Waals surface area (Å²) in [5, 5.41) is 4.18. The topological polar surface area (TPSA) is 71.2 Å². The molecule has 3 heterocycles. The number of anilines is 1. The zero-order valence-corrected chi connectivity index (χ0v) is 18.9. The normalized spacial score (nSPS) is 20.0. The lowest BCUT2D eigenvalue weighted by Gasteiger charge is -2.32. The van der Waals surface area contributed by atoms with Crippen molar-refractivity contribution in [2.45, 2.75) is 51.6 Å². The summed E-state index contributed by atoms with van der Waals surface area (Å²) < 4.78 is 0. The summed E-state index contributed by atoms with van der Waals surface area (Å²) in [4.78, 5) is 21.9. The molecule has 1 atom stereocenters. The minimum atomic E-state index is -0.0478. The van der Waals surface area contributed by atoms with E-state index >= 15 is 0 Å². The summed E-state index contributed by atoms with van der Waals surface area (Å²) in [5.74, 6) is 0.635. The number of hydrogen-bond acceptors (Lipinski definition) is 5. The Morgan fingerprint density at radius 1 is 1.23 bits per heavy atom. The van der Waals surface area contributed by atoms with Crippen LogP contribution < -0.4 is 11.1 Å². The van der Waals surface area contributed by atoms with Crippen LogP contribution in [0.3, 0.4) is 0 Å². The first-order valence-corrected chi connectivity index (χ1v) is 12.2. The smallest absolute Gasteiger partial charge is 0.263 e. The molecule has 3 aromatic rings. The van der Waals surface area contributed by atoms with E-state index in [1.54, 1.807) is 0 Å². The second-order valence-corrected chi connectivity index (χ2v) is 10.1. The predicted molar refractivity (Wildman–Crippen MR) is 127 cm³/mol. The average molecular weight is 435 g/mol. The number of fused-ring (bicyclic) bond motifs is 2. The molecule has 1 amide bonds. The van der Waals surface area contributed by atoms with Crippen molar-refractivity contribution in [1.29, 1.82) is 0 Å². The van der Waals surface area contributed by atoms with Gasteiger partial charge in [-0.1, -0.05) is 37.3 Å². The molecule has 2 aliphatic rings. The van der Waals surface area contributed by atoms with E-state index in [1.807, 2.05) is 0 Å². The Hall–Kier alpha value is -2.44. The SMILES string of the molecule is CC1CCc2nc3sc(C(=O)NC4CCN(Cc5ccccc5)CC4)c(N)c3cc2C1. The predicted octanol–water partition coefficient (Wildman–Crippen LogP) is 4.40. The van der Waals surface area contributed by atoms with E-state index in [4.69, 9.17) is 10.7 Å². The highest BCUT2D eigenvalue weighted by molar-refractivity contribution is 7.21. The summed E-state index contributed by atoms with van der Waals surface area (Å²) in [6.07, 6.45) is 5.19. The van der Waals surface area contributed by atoms with Gasteiger partial charge in [-0.25, -0.2) is 4.98 Å². The number of amides is 1. The van der Waals surface area contributed by atoms with E-state index in [0.29, 0.717) is 16.5 Å². The highest BCUT2D eigenvalue weighted by atomic mass is 32.1. The number of benzene rings is 1. The third-order valence-corrected chi connectivity index (χ3v) is 7.82. The molecule has 1 aromatic carbocycles. The molecule has 6 heteroatoms. The van der Waals surface area contributed by atoms with Gasteiger partial charge in [0.05, 0.1) is 5.69 Å². The van der Waals surface area contributed by atoms with Crippen LogP contribution in [0.2, 0.25) is 0 Å². The van der Waals surface area contributed by atoms with Crippen LogP contribution in [0.4, 0.5) is 5.69 Å². The van der Waals surface area contributed by atoms with Crippen molar-refractivity contribution >= 4 is 33.1 Å². The molecule has 1 unspecified atom stereocenters. The van der Waals surface area contributed by atoms with E-state index in [9.17, 15) is 4.79 Å². The average Bonchev–Trinajstić information content (AvgIpc) is 3.10. The minimum absolute atomic E-state index is 0.0478. The maximum Gasteiger partial charge on any atom is 0.263 e. The van der Waals surface area contributed by atoms with Gasteiger partial charge in [0.15, 0.2) is 0 Å². The summed E-state index contributed by atoms with van der Waals surface area (Å²) in [6.45, 7) is 5.25. The standard InChI is InChI=1S/C25H30N4OS/c1-16-7-8-21-18(13-16)14-20-22(26)23(31-25(20)28-21)24(30)27-19-9-11-29(12-10-19)15-17-5-3-2-4-6-17/h2-6,14,16,19H,7-13,15,26H2,1H3,(H,27,30). The number of carbonyl (C=O) groups excluding carboxylic acids is 1. The first kappa shape index (κ1) is 20.5. The fourth-order valence-corrected chi connectivity index (χ4v) is 5.87. The van der Waals surface area contributed by atoms with Gasteiger partial charge in [0.25, 0.3) is 5.91 Å². The molecule has 2 aromatic heterocycles. The molecule has 1 fully saturated rings. The number of nitrogens with two attached hydrogens (primary N) is 1. The number of aryl methyl sites for hydroxylation is 1. The van der Waals surface area contributed by atoms with Crippen LogP contribution in [0.5, 0.6) is 0 Å². The maximum atomic E-state index is 13.0. The number of likely N-dealkylation sites (tertiary alicyclic amines) is 1. The number of hydrogen-bond donors (Lipinski definition) is 2. The Morgan fingerprint density at radius 2 is 2.00 bits per heavy atom. The molecule has 1 saturated heterocycles. The lowest BCUT2D eigenvalue weighted by molar-refractivity contribution is 0.0914. The van der Waals surface area contributed by atoms with Gasteiger partial charge in [-0.05, 0) is 55.2 Å². The molecule has 3 N–H and O–H groups in total. The summed E-state index contributed by atoms with van der Waals surface area (Å²) in [5.41, 5.74) is 10.8. The minimum Gasteiger partial charge on any atom is -0.397 e. The summed E-state index contributed by atoms with van der Waals surface area (Å²) in [6, 6.07) is 12.9. The Labute approximate surface area is 187 Å². The van der Waals surface area contributed by atoms with Crippen LogP contribution in [0, 0.1) is 5.92 Å². The Balaban J connectivity index is 1.24. The van der Waals surface area contributed by atoms with Gasteiger partial charge in [-0.15, -0.1) is 11.3 Å². The largest absolute Gasteiger partial charge is 0.397 e. The van der Waals surface area contributed by atoms with Crippen molar-refractivity contribution in [3.05, 3.63) is 58.1 Å². The van der Waals surface area contributed by atoms with Gasteiger partial charge in [-0.2, -0.15) is 0 Å². The first-order chi connectivity index (χ1) is 15.1. The van der Waals surface area contributed by atoms with Gasteiger partial charge < -0.3 is 11.1 Å². The monoisotopic (exact) mass is 434 g/mol. The number of nitrogens with zero attached hydrogens (tertiary/aromatic N) is 2. The van der Waals surface area contributed by atoms with Gasteiger partial charge >= 0.3 is 0 Å². The molecule has 5 rings (SSSR count). The fraction of sp³-hybridized carbons (Fsp3) is 0.440. The zero-order valence-electron chi connectivity index (χ0n) is 18.1. The van der Waals surface area contributed by atoms with Crippen LogP contribution in [-0.4, -0.2) is 34.9 Å². The van der Waals surface area contributed by atoms with E-state index in [-0.39, 0.29) is 11.9 Å². The second-order valence-electron chi connectivity index (χ2n) is 9.15. The van der Waals surface area contributed by atoms with Crippen molar-refractivity contribution in [2.24, 2.45) is 5.92 Å². The van der Waals surface area contributed by atoms with Gasteiger partial charge in [0.1, 0.15) is 9.71 Å². The third kappa shape index (κ3) is 4.32. The molecule has 31 heavy (non-hydrogen) atoms. The first-order valence-electron chi connectivity index (χ1n) is 11.3. The second kappa shape index (κ2) is 8.60. The molecular formula is C25H30N4OS. The summed E-state index contributed by atoms with van der Waals surface area (Å²) in [7, 11) is 0. The third-order valence-electron chi connectivity index (χ3n) is 6.71. The van der Waals surface area contributed by atoms with Crippen molar-refractivity contribution < 1.29 is 4.79 Å². The number of nitrogen functional groups attached to an aromatic ring is 1. The molecule has 0 spiro atoms. The number of pyridine rings is 1. The van der Waals surface area contributed by atoms with Gasteiger partial charge in [0.2, 0.25) is 0 Å².